The predicted molar refractivity (Wildman–Crippen MR) is 77.7 cm³/mol. The van der Waals surface area contributed by atoms with E-state index < -0.39 is 10.0 Å². The molecule has 1 saturated heterocycles. The molecule has 0 radical (unpaired) electrons. The summed E-state index contributed by atoms with van der Waals surface area (Å²) in [4.78, 5) is 17.4. The summed E-state index contributed by atoms with van der Waals surface area (Å²) >= 11 is 5.72. The second-order valence-corrected chi connectivity index (χ2v) is 7.40. The van der Waals surface area contributed by atoms with Crippen LogP contribution in [-0.2, 0) is 14.8 Å². The van der Waals surface area contributed by atoms with Gasteiger partial charge in [-0.25, -0.2) is 13.4 Å². The van der Waals surface area contributed by atoms with Crippen LogP contribution in [0.2, 0.25) is 5.02 Å². The van der Waals surface area contributed by atoms with Gasteiger partial charge in [-0.15, -0.1) is 0 Å². The molecule has 0 unspecified atom stereocenters. The number of sulfonamides is 1. The molecule has 2 heterocycles. The zero-order valence-corrected chi connectivity index (χ0v) is 13.3. The topological polar surface area (TPSA) is 79.8 Å². The fourth-order valence-corrected chi connectivity index (χ4v) is 2.18. The van der Waals surface area contributed by atoms with Crippen molar-refractivity contribution in [3.63, 3.8) is 0 Å². The molecule has 0 saturated carbocycles. The van der Waals surface area contributed by atoms with E-state index in [1.54, 1.807) is 17.0 Å². The molecular weight excluding hydrogens is 318 g/mol. The van der Waals surface area contributed by atoms with Crippen LogP contribution in [0.25, 0.3) is 0 Å². The largest absolute Gasteiger partial charge is 0.471 e. The van der Waals surface area contributed by atoms with Crippen molar-refractivity contribution < 1.29 is 17.9 Å². The van der Waals surface area contributed by atoms with Gasteiger partial charge >= 0.3 is 0 Å². The summed E-state index contributed by atoms with van der Waals surface area (Å²) in [7, 11) is -1.98. The van der Waals surface area contributed by atoms with Gasteiger partial charge in [-0.2, -0.15) is 4.31 Å². The summed E-state index contributed by atoms with van der Waals surface area (Å²) in [5.74, 6) is 0.205. The summed E-state index contributed by atoms with van der Waals surface area (Å²) < 4.78 is 29.1. The number of hydrogen-bond acceptors (Lipinski definition) is 5. The summed E-state index contributed by atoms with van der Waals surface area (Å²) in [6.45, 7) is 0.673. The van der Waals surface area contributed by atoms with Crippen LogP contribution in [0.15, 0.2) is 18.3 Å². The Hall–Kier alpha value is -1.38. The molecule has 1 aliphatic heterocycles. The van der Waals surface area contributed by atoms with Crippen LogP contribution in [-0.4, -0.2) is 67.6 Å². The number of likely N-dealkylation sites (N-methyl/N-ethyl adjacent to an activating group) is 1. The Morgan fingerprint density at radius 3 is 2.71 bits per heavy atom. The van der Waals surface area contributed by atoms with Gasteiger partial charge in [0, 0.05) is 19.3 Å². The third-order valence-corrected chi connectivity index (χ3v) is 4.60. The maximum atomic E-state index is 11.9. The van der Waals surface area contributed by atoms with Crippen LogP contribution in [0.4, 0.5) is 0 Å². The lowest BCUT2D eigenvalue weighted by Gasteiger charge is -2.39. The molecule has 0 spiro atoms. The maximum Gasteiger partial charge on any atom is 0.238 e. The number of carbonyl (C=O) groups is 1. The van der Waals surface area contributed by atoms with Crippen molar-refractivity contribution in [1.29, 1.82) is 0 Å². The first-order valence-electron chi connectivity index (χ1n) is 6.23. The summed E-state index contributed by atoms with van der Waals surface area (Å²) in [5, 5.41) is 0.525. The molecule has 116 valence electrons. The van der Waals surface area contributed by atoms with Gasteiger partial charge in [-0.3, -0.25) is 4.79 Å². The van der Waals surface area contributed by atoms with E-state index >= 15 is 0 Å². The third kappa shape index (κ3) is 4.29. The minimum Gasteiger partial charge on any atom is -0.471 e. The molecule has 7 nitrogen and oxygen atoms in total. The normalized spacial score (nSPS) is 15.9. The number of nitrogens with zero attached hydrogens (tertiary/aromatic N) is 3. The number of likely N-dealkylation sites (tertiary alicyclic amines) is 1. The Balaban J connectivity index is 1.78. The van der Waals surface area contributed by atoms with Gasteiger partial charge in [0.05, 0.1) is 30.9 Å². The smallest absolute Gasteiger partial charge is 0.238 e. The van der Waals surface area contributed by atoms with Crippen LogP contribution in [0.3, 0.4) is 0 Å². The van der Waals surface area contributed by atoms with Crippen molar-refractivity contribution in [1.82, 2.24) is 14.2 Å². The van der Waals surface area contributed by atoms with E-state index in [2.05, 4.69) is 4.98 Å². The lowest BCUT2D eigenvalue weighted by atomic mass is 10.1. The monoisotopic (exact) mass is 333 g/mol. The molecule has 1 amide bonds. The van der Waals surface area contributed by atoms with E-state index in [1.807, 2.05) is 0 Å². The average molecular weight is 334 g/mol. The number of carbonyl (C=O) groups excluding carboxylic acids is 1. The van der Waals surface area contributed by atoms with Crippen molar-refractivity contribution in [2.45, 2.75) is 6.10 Å². The van der Waals surface area contributed by atoms with Gasteiger partial charge < -0.3 is 9.64 Å². The van der Waals surface area contributed by atoms with Crippen LogP contribution >= 0.6 is 11.6 Å². The van der Waals surface area contributed by atoms with E-state index in [9.17, 15) is 13.2 Å². The number of rotatable bonds is 5. The van der Waals surface area contributed by atoms with Gasteiger partial charge in [-0.05, 0) is 6.07 Å². The molecule has 21 heavy (non-hydrogen) atoms. The molecule has 9 heteroatoms. The van der Waals surface area contributed by atoms with E-state index in [4.69, 9.17) is 16.3 Å². The van der Waals surface area contributed by atoms with Crippen LogP contribution < -0.4 is 4.74 Å². The highest BCUT2D eigenvalue weighted by atomic mass is 35.5. The lowest BCUT2D eigenvalue weighted by molar-refractivity contribution is -0.140. The minimum atomic E-state index is -3.35. The Bertz CT molecular complexity index is 614. The van der Waals surface area contributed by atoms with E-state index in [1.165, 1.54) is 13.2 Å². The first-order chi connectivity index (χ1) is 9.75. The summed E-state index contributed by atoms with van der Waals surface area (Å²) in [6, 6.07) is 3.33. The number of halogens is 1. The third-order valence-electron chi connectivity index (χ3n) is 3.11. The maximum absolute atomic E-state index is 11.9. The van der Waals surface area contributed by atoms with Crippen LogP contribution in [0, 0.1) is 0 Å². The van der Waals surface area contributed by atoms with Gasteiger partial charge in [0.15, 0.2) is 0 Å². The molecule has 0 aliphatic carbocycles. The van der Waals surface area contributed by atoms with Crippen molar-refractivity contribution in [3.8, 4) is 5.88 Å². The number of aromatic nitrogens is 1. The zero-order valence-electron chi connectivity index (χ0n) is 11.7. The minimum absolute atomic E-state index is 0.133. The molecular formula is C12H16ClN3O4S. The molecule has 0 N–H and O–H groups in total. The summed E-state index contributed by atoms with van der Waals surface area (Å²) in [6.07, 6.45) is 2.42. The van der Waals surface area contributed by atoms with Crippen molar-refractivity contribution in [3.05, 3.63) is 23.4 Å². The summed E-state index contributed by atoms with van der Waals surface area (Å²) in [5.41, 5.74) is 0. The quantitative estimate of drug-likeness (QED) is 0.770. The van der Waals surface area contributed by atoms with Gasteiger partial charge in [0.2, 0.25) is 21.8 Å². The molecule has 1 aromatic heterocycles. The Morgan fingerprint density at radius 1 is 1.52 bits per heavy atom. The van der Waals surface area contributed by atoms with Crippen molar-refractivity contribution >= 4 is 27.5 Å². The fourth-order valence-electron chi connectivity index (χ4n) is 1.73. The van der Waals surface area contributed by atoms with Gasteiger partial charge in [0.25, 0.3) is 0 Å². The Morgan fingerprint density at radius 2 is 2.19 bits per heavy atom. The number of amides is 1. The number of ether oxygens (including phenoxy) is 1. The molecule has 1 aliphatic rings. The molecule has 0 aromatic carbocycles. The highest BCUT2D eigenvalue weighted by Crippen LogP contribution is 2.18. The molecule has 2 rings (SSSR count). The van der Waals surface area contributed by atoms with Gasteiger partial charge in [0.1, 0.15) is 6.10 Å². The zero-order chi connectivity index (χ0) is 15.6. The van der Waals surface area contributed by atoms with Crippen LogP contribution in [0.1, 0.15) is 0 Å². The van der Waals surface area contributed by atoms with Crippen molar-refractivity contribution in [2.24, 2.45) is 0 Å². The van der Waals surface area contributed by atoms with Crippen LogP contribution in [0.5, 0.6) is 5.88 Å². The highest BCUT2D eigenvalue weighted by Gasteiger charge is 2.33. The predicted octanol–water partition coefficient (Wildman–Crippen LogP) is 0.216. The molecule has 1 aromatic rings. The molecule has 1 fully saturated rings. The highest BCUT2D eigenvalue weighted by molar-refractivity contribution is 7.88. The van der Waals surface area contributed by atoms with Gasteiger partial charge in [-0.1, -0.05) is 11.6 Å². The van der Waals surface area contributed by atoms with E-state index in [-0.39, 0.29) is 18.6 Å². The lowest BCUT2D eigenvalue weighted by Crippen LogP contribution is -2.58. The Kier molecular flexibility index (Phi) is 4.70. The molecule has 0 atom stereocenters. The van der Waals surface area contributed by atoms with E-state index in [0.29, 0.717) is 24.0 Å². The first-order valence-corrected chi connectivity index (χ1v) is 8.45. The first kappa shape index (κ1) is 16.0. The standard InChI is InChI=1S/C12H16ClN3O4S/c1-15(21(2,18)19)8-12(17)16-6-10(7-16)20-11-4-3-9(13)5-14-11/h3-5,10H,6-8H2,1-2H3. The number of hydrogen-bond donors (Lipinski definition) is 0. The number of pyridine rings is 1. The van der Waals surface area contributed by atoms with Crippen molar-refractivity contribution in [2.75, 3.05) is 32.9 Å². The van der Waals surface area contributed by atoms with E-state index in [0.717, 1.165) is 10.6 Å². The average Bonchev–Trinajstić information content (AvgIpc) is 2.34. The second-order valence-electron chi connectivity index (χ2n) is 4.87. The second kappa shape index (κ2) is 6.17. The Labute approximate surface area is 128 Å². The molecule has 0 bridgehead atoms. The fraction of sp³-hybridized carbons (Fsp3) is 0.500. The SMILES string of the molecule is CN(CC(=O)N1CC(Oc2ccc(Cl)cn2)C1)S(C)(=O)=O.